The summed E-state index contributed by atoms with van der Waals surface area (Å²) in [5, 5.41) is 4.94. The summed E-state index contributed by atoms with van der Waals surface area (Å²) in [4.78, 5) is 35.2. The van der Waals surface area contributed by atoms with Gasteiger partial charge in [0, 0.05) is 13.2 Å². The van der Waals surface area contributed by atoms with E-state index in [2.05, 4.69) is 10.6 Å². The monoisotopic (exact) mass is 294 g/mol. The van der Waals surface area contributed by atoms with Gasteiger partial charge in [0.05, 0.1) is 12.6 Å². The molecule has 0 fully saturated rings. The predicted molar refractivity (Wildman–Crippen MR) is 80.9 cm³/mol. The quantitative estimate of drug-likeness (QED) is 0.695. The third kappa shape index (κ3) is 4.71. The zero-order valence-corrected chi connectivity index (χ0v) is 12.8. The molecule has 1 heterocycles. The summed E-state index contributed by atoms with van der Waals surface area (Å²) >= 11 is 0. The summed E-state index contributed by atoms with van der Waals surface area (Å²) in [6.07, 6.45) is 1.67. The van der Waals surface area contributed by atoms with Crippen LogP contribution in [0.5, 0.6) is 0 Å². The van der Waals surface area contributed by atoms with Crippen LogP contribution in [0.4, 0.5) is 5.69 Å². The number of nitrogens with zero attached hydrogens (tertiary/aromatic N) is 1. The first kappa shape index (κ1) is 16.9. The molecule has 0 aliphatic heterocycles. The highest BCUT2D eigenvalue weighted by Crippen LogP contribution is 2.03. The maximum absolute atomic E-state index is 11.8. The third-order valence-electron chi connectivity index (χ3n) is 3.04. The van der Waals surface area contributed by atoms with Gasteiger partial charge in [-0.05, 0) is 24.5 Å². The van der Waals surface area contributed by atoms with Crippen molar-refractivity contribution in [1.82, 2.24) is 9.88 Å². The molecule has 1 rings (SSSR count). The molecule has 0 aliphatic rings. The maximum atomic E-state index is 11.8. The van der Waals surface area contributed by atoms with E-state index in [1.54, 1.807) is 19.3 Å². The van der Waals surface area contributed by atoms with Gasteiger partial charge in [0.15, 0.2) is 0 Å². The van der Waals surface area contributed by atoms with Crippen molar-refractivity contribution in [2.75, 3.05) is 11.9 Å². The number of anilines is 1. The first-order chi connectivity index (χ1) is 9.72. The van der Waals surface area contributed by atoms with E-state index >= 15 is 0 Å². The van der Waals surface area contributed by atoms with E-state index < -0.39 is 17.9 Å². The zero-order valence-electron chi connectivity index (χ0n) is 12.8. The summed E-state index contributed by atoms with van der Waals surface area (Å²) in [7, 11) is 1.61. The van der Waals surface area contributed by atoms with Crippen molar-refractivity contribution in [3.63, 3.8) is 0 Å². The highest BCUT2D eigenvalue weighted by molar-refractivity contribution is 5.95. The number of hydrogen-bond donors (Lipinski definition) is 3. The molecule has 0 bridgehead atoms. The number of nitrogens with one attached hydrogen (secondary N) is 2. The number of pyridine rings is 1. The van der Waals surface area contributed by atoms with Crippen LogP contribution in [0.25, 0.3) is 0 Å². The predicted octanol–water partition coefficient (Wildman–Crippen LogP) is -0.268. The van der Waals surface area contributed by atoms with Crippen LogP contribution < -0.4 is 21.9 Å². The molecule has 2 amide bonds. The second kappa shape index (κ2) is 7.03. The van der Waals surface area contributed by atoms with Crippen molar-refractivity contribution in [3.05, 3.63) is 28.2 Å². The fourth-order valence-electron chi connectivity index (χ4n) is 1.75. The lowest BCUT2D eigenvalue weighted by atomic mass is 10.1. The molecule has 0 unspecified atom stereocenters. The summed E-state index contributed by atoms with van der Waals surface area (Å²) in [5.41, 5.74) is 6.39. The van der Waals surface area contributed by atoms with E-state index in [9.17, 15) is 14.4 Å². The van der Waals surface area contributed by atoms with Crippen LogP contribution >= 0.6 is 0 Å². The molecule has 1 aromatic heterocycles. The molecule has 1 aromatic rings. The molecule has 7 nitrogen and oxygen atoms in total. The standard InChI is InChI=1S/C14H22N4O3/c1-8(2)12(15)13(20)16-6-11(19)17-10-5-9(3)7-18(4)14(10)21/h5,7-8,12H,6,15H2,1-4H3,(H,16,20)(H,17,19)/t12-/m0/s1. The third-order valence-corrected chi connectivity index (χ3v) is 3.04. The Morgan fingerprint density at radius 3 is 2.57 bits per heavy atom. The molecule has 0 aromatic carbocycles. The number of aryl methyl sites for hydroxylation is 2. The van der Waals surface area contributed by atoms with Crippen LogP contribution in [-0.4, -0.2) is 29.0 Å². The lowest BCUT2D eigenvalue weighted by Crippen LogP contribution is -2.46. The molecular weight excluding hydrogens is 272 g/mol. The molecule has 0 spiro atoms. The highest BCUT2D eigenvalue weighted by Gasteiger charge is 2.17. The van der Waals surface area contributed by atoms with E-state index in [-0.39, 0.29) is 23.7 Å². The van der Waals surface area contributed by atoms with Gasteiger partial charge in [-0.3, -0.25) is 14.4 Å². The lowest BCUT2D eigenvalue weighted by Gasteiger charge is -2.15. The Bertz CT molecular complexity index is 592. The topological polar surface area (TPSA) is 106 Å². The number of aromatic nitrogens is 1. The van der Waals surface area contributed by atoms with Gasteiger partial charge in [-0.15, -0.1) is 0 Å². The summed E-state index contributed by atoms with van der Waals surface area (Å²) < 4.78 is 1.39. The minimum Gasteiger partial charge on any atom is -0.346 e. The van der Waals surface area contributed by atoms with E-state index in [1.807, 2.05) is 20.8 Å². The van der Waals surface area contributed by atoms with Crippen molar-refractivity contribution in [2.24, 2.45) is 18.7 Å². The van der Waals surface area contributed by atoms with Crippen molar-refractivity contribution in [2.45, 2.75) is 26.8 Å². The first-order valence-corrected chi connectivity index (χ1v) is 6.72. The van der Waals surface area contributed by atoms with Gasteiger partial charge in [-0.25, -0.2) is 0 Å². The van der Waals surface area contributed by atoms with E-state index in [0.717, 1.165) is 5.56 Å². The molecule has 4 N–H and O–H groups in total. The normalized spacial score (nSPS) is 12.1. The van der Waals surface area contributed by atoms with Gasteiger partial charge >= 0.3 is 0 Å². The average Bonchev–Trinajstić information content (AvgIpc) is 2.40. The van der Waals surface area contributed by atoms with Crippen LogP contribution in [0.15, 0.2) is 17.1 Å². The minimum atomic E-state index is -0.662. The van der Waals surface area contributed by atoms with Gasteiger partial charge in [0.25, 0.3) is 5.56 Å². The van der Waals surface area contributed by atoms with Gasteiger partial charge in [-0.1, -0.05) is 13.8 Å². The van der Waals surface area contributed by atoms with Crippen LogP contribution in [-0.2, 0) is 16.6 Å². The molecule has 0 aliphatic carbocycles. The van der Waals surface area contributed by atoms with Gasteiger partial charge in [0.1, 0.15) is 5.69 Å². The van der Waals surface area contributed by atoms with Crippen LogP contribution in [0.3, 0.4) is 0 Å². The first-order valence-electron chi connectivity index (χ1n) is 6.72. The Morgan fingerprint density at radius 1 is 1.38 bits per heavy atom. The van der Waals surface area contributed by atoms with Gasteiger partial charge < -0.3 is 20.9 Å². The fourth-order valence-corrected chi connectivity index (χ4v) is 1.75. The number of carbonyl (C=O) groups excluding carboxylic acids is 2. The van der Waals surface area contributed by atoms with Crippen LogP contribution in [0, 0.1) is 12.8 Å². The number of amides is 2. The molecule has 0 radical (unpaired) electrons. The molecule has 0 saturated carbocycles. The Morgan fingerprint density at radius 2 is 2.00 bits per heavy atom. The molecule has 0 saturated heterocycles. The van der Waals surface area contributed by atoms with Crippen LogP contribution in [0.1, 0.15) is 19.4 Å². The SMILES string of the molecule is Cc1cc(NC(=O)CNC(=O)[C@@H](N)C(C)C)c(=O)n(C)c1. The molecular formula is C14H22N4O3. The number of nitrogens with two attached hydrogens (primary N) is 1. The van der Waals surface area contributed by atoms with Crippen molar-refractivity contribution in [1.29, 1.82) is 0 Å². The molecule has 116 valence electrons. The number of carbonyl (C=O) groups is 2. The number of rotatable bonds is 5. The number of hydrogen-bond acceptors (Lipinski definition) is 4. The molecule has 1 atom stereocenters. The Hall–Kier alpha value is -2.15. The summed E-state index contributed by atoms with van der Waals surface area (Å²) in [5.74, 6) is -0.878. The molecule has 7 heteroatoms. The zero-order chi connectivity index (χ0) is 16.2. The minimum absolute atomic E-state index is 0.0165. The highest BCUT2D eigenvalue weighted by atomic mass is 16.2. The largest absolute Gasteiger partial charge is 0.346 e. The van der Waals surface area contributed by atoms with Crippen molar-refractivity contribution >= 4 is 17.5 Å². The van der Waals surface area contributed by atoms with E-state index in [4.69, 9.17) is 5.73 Å². The molecule has 21 heavy (non-hydrogen) atoms. The van der Waals surface area contributed by atoms with Gasteiger partial charge in [0.2, 0.25) is 11.8 Å². The smallest absolute Gasteiger partial charge is 0.274 e. The van der Waals surface area contributed by atoms with E-state index in [1.165, 1.54) is 4.57 Å². The second-order valence-electron chi connectivity index (χ2n) is 5.38. The fraction of sp³-hybridized carbons (Fsp3) is 0.500. The summed E-state index contributed by atoms with van der Waals surface area (Å²) in [6, 6.07) is 0.923. The average molecular weight is 294 g/mol. The maximum Gasteiger partial charge on any atom is 0.274 e. The van der Waals surface area contributed by atoms with Crippen molar-refractivity contribution < 1.29 is 9.59 Å². The summed E-state index contributed by atoms with van der Waals surface area (Å²) in [6.45, 7) is 5.23. The van der Waals surface area contributed by atoms with Crippen molar-refractivity contribution in [3.8, 4) is 0 Å². The van der Waals surface area contributed by atoms with E-state index in [0.29, 0.717) is 0 Å². The second-order valence-corrected chi connectivity index (χ2v) is 5.38. The Balaban J connectivity index is 2.63. The Kier molecular flexibility index (Phi) is 5.66. The Labute approximate surface area is 123 Å². The van der Waals surface area contributed by atoms with Gasteiger partial charge in [-0.2, -0.15) is 0 Å². The lowest BCUT2D eigenvalue weighted by molar-refractivity contribution is -0.125. The van der Waals surface area contributed by atoms with Crippen LogP contribution in [0.2, 0.25) is 0 Å².